The highest BCUT2D eigenvalue weighted by Gasteiger charge is 2.65. The van der Waals surface area contributed by atoms with Gasteiger partial charge in [-0.3, -0.25) is 0 Å². The second kappa shape index (κ2) is 4.74. The Bertz CT molecular complexity index is 956. The summed E-state index contributed by atoms with van der Waals surface area (Å²) in [4.78, 5) is 12.7. The van der Waals surface area contributed by atoms with Crippen molar-refractivity contribution in [1.82, 2.24) is 0 Å². The van der Waals surface area contributed by atoms with Gasteiger partial charge in [-0.25, -0.2) is 4.79 Å². The van der Waals surface area contributed by atoms with Gasteiger partial charge in [0.05, 0.1) is 16.6 Å². The predicted octanol–water partition coefficient (Wildman–Crippen LogP) is 3.19. The molecule has 2 aliphatic heterocycles. The number of epoxide rings is 1. The van der Waals surface area contributed by atoms with Crippen LogP contribution in [0.2, 0.25) is 0 Å². The molecule has 0 aliphatic carbocycles. The molecule has 0 amide bonds. The maximum atomic E-state index is 12.7. The number of rotatable bonds is 2. The summed E-state index contributed by atoms with van der Waals surface area (Å²) in [6.45, 7) is 11.5. The van der Waals surface area contributed by atoms with Gasteiger partial charge in [0.25, 0.3) is 0 Å². The van der Waals surface area contributed by atoms with Gasteiger partial charge in [-0.1, -0.05) is 25.1 Å². The molecule has 0 saturated carbocycles. The monoisotopic (exact) mass is 342 g/mol. The third-order valence-corrected chi connectivity index (χ3v) is 5.42. The maximum absolute atomic E-state index is 12.7. The topological polar surface area (TPSA) is 72.2 Å². The van der Waals surface area contributed by atoms with E-state index in [0.29, 0.717) is 22.3 Å². The molecule has 5 heteroatoms. The van der Waals surface area contributed by atoms with Gasteiger partial charge in [0.2, 0.25) is 5.79 Å². The molecular weight excluding hydrogens is 320 g/mol. The standard InChI is InChI=1S/C20H22O5/c1-6-19(5)10-20(22,17-18(3,4)25-17)24-15-13-11(2)8-7-9-12(13)23-16(21)14(15)19/h6-9,17,22H,1,10H2,2-5H3/t17-,19-,20-/m0/s1. The van der Waals surface area contributed by atoms with Gasteiger partial charge in [0.15, 0.2) is 6.10 Å². The first kappa shape index (κ1) is 16.4. The van der Waals surface area contributed by atoms with Crippen LogP contribution in [0.15, 0.2) is 40.1 Å². The second-order valence-electron chi connectivity index (χ2n) is 7.89. The Morgan fingerprint density at radius 1 is 1.32 bits per heavy atom. The van der Waals surface area contributed by atoms with E-state index in [4.69, 9.17) is 13.9 Å². The van der Waals surface area contributed by atoms with E-state index in [1.807, 2.05) is 39.8 Å². The van der Waals surface area contributed by atoms with Gasteiger partial charge in [-0.2, -0.15) is 0 Å². The van der Waals surface area contributed by atoms with Crippen LogP contribution in [0.4, 0.5) is 0 Å². The Kier molecular flexibility index (Phi) is 3.10. The Morgan fingerprint density at radius 2 is 2.00 bits per heavy atom. The molecule has 25 heavy (non-hydrogen) atoms. The zero-order valence-electron chi connectivity index (χ0n) is 14.9. The van der Waals surface area contributed by atoms with Crippen LogP contribution in [0.5, 0.6) is 5.75 Å². The maximum Gasteiger partial charge on any atom is 0.344 e. The van der Waals surface area contributed by atoms with Crippen molar-refractivity contribution < 1.29 is 19.0 Å². The summed E-state index contributed by atoms with van der Waals surface area (Å²) in [7, 11) is 0. The fourth-order valence-electron chi connectivity index (χ4n) is 4.03. The zero-order valence-corrected chi connectivity index (χ0v) is 14.9. The summed E-state index contributed by atoms with van der Waals surface area (Å²) in [6.07, 6.45) is 1.38. The molecule has 1 aromatic carbocycles. The van der Waals surface area contributed by atoms with E-state index in [0.717, 1.165) is 5.56 Å². The molecule has 4 rings (SSSR count). The summed E-state index contributed by atoms with van der Waals surface area (Å²) in [5.74, 6) is -1.17. The number of hydrogen-bond donors (Lipinski definition) is 1. The summed E-state index contributed by atoms with van der Waals surface area (Å²) in [5.41, 5.74) is 0.0144. The van der Waals surface area contributed by atoms with Crippen LogP contribution in [-0.4, -0.2) is 22.6 Å². The Hall–Kier alpha value is -2.11. The minimum atomic E-state index is -1.54. The molecule has 1 fully saturated rings. The highest BCUT2D eigenvalue weighted by atomic mass is 16.7. The average molecular weight is 342 g/mol. The molecule has 1 saturated heterocycles. The van der Waals surface area contributed by atoms with Crippen molar-refractivity contribution in [3.8, 4) is 5.75 Å². The fraction of sp³-hybridized carbons (Fsp3) is 0.450. The molecular formula is C20H22O5. The Balaban J connectivity index is 2.04. The molecule has 0 spiro atoms. The number of allylic oxidation sites excluding steroid dienone is 1. The van der Waals surface area contributed by atoms with Gasteiger partial charge in [-0.05, 0) is 32.4 Å². The first-order valence-electron chi connectivity index (χ1n) is 8.41. The lowest BCUT2D eigenvalue weighted by Crippen LogP contribution is -2.53. The van der Waals surface area contributed by atoms with E-state index in [9.17, 15) is 9.90 Å². The molecule has 1 N–H and O–H groups in total. The highest BCUT2D eigenvalue weighted by Crippen LogP contribution is 2.53. The first-order valence-corrected chi connectivity index (χ1v) is 8.41. The van der Waals surface area contributed by atoms with Crippen molar-refractivity contribution in [3.63, 3.8) is 0 Å². The quantitative estimate of drug-likeness (QED) is 0.515. The van der Waals surface area contributed by atoms with E-state index < -0.39 is 28.5 Å². The molecule has 0 unspecified atom stereocenters. The molecule has 1 aromatic heterocycles. The van der Waals surface area contributed by atoms with Gasteiger partial charge >= 0.3 is 5.63 Å². The zero-order chi connectivity index (χ0) is 18.2. The number of benzene rings is 1. The van der Waals surface area contributed by atoms with Crippen molar-refractivity contribution in [2.45, 2.75) is 57.0 Å². The first-order chi connectivity index (χ1) is 11.6. The molecule has 2 aliphatic rings. The van der Waals surface area contributed by atoms with Crippen LogP contribution in [0, 0.1) is 6.92 Å². The number of aliphatic hydroxyl groups is 1. The van der Waals surface area contributed by atoms with Crippen molar-refractivity contribution in [1.29, 1.82) is 0 Å². The van der Waals surface area contributed by atoms with Gasteiger partial charge in [-0.15, -0.1) is 6.58 Å². The van der Waals surface area contributed by atoms with Gasteiger partial charge < -0.3 is 19.0 Å². The molecule has 0 bridgehead atoms. The lowest BCUT2D eigenvalue weighted by molar-refractivity contribution is -0.175. The minimum absolute atomic E-state index is 0.173. The van der Waals surface area contributed by atoms with E-state index >= 15 is 0 Å². The van der Waals surface area contributed by atoms with Crippen molar-refractivity contribution in [2.24, 2.45) is 0 Å². The summed E-state index contributed by atoms with van der Waals surface area (Å²) in [6, 6.07) is 5.47. The summed E-state index contributed by atoms with van der Waals surface area (Å²) >= 11 is 0. The van der Waals surface area contributed by atoms with Crippen LogP contribution >= 0.6 is 0 Å². The molecule has 2 aromatic rings. The van der Waals surface area contributed by atoms with Gasteiger partial charge in [0.1, 0.15) is 11.3 Å². The third kappa shape index (κ3) is 2.19. The number of hydrogen-bond acceptors (Lipinski definition) is 5. The summed E-state index contributed by atoms with van der Waals surface area (Å²) in [5, 5.41) is 12.0. The lowest BCUT2D eigenvalue weighted by Gasteiger charge is -2.42. The second-order valence-corrected chi connectivity index (χ2v) is 7.89. The largest absolute Gasteiger partial charge is 0.458 e. The van der Waals surface area contributed by atoms with Crippen LogP contribution in [0.1, 0.15) is 38.3 Å². The molecule has 0 radical (unpaired) electrons. The predicted molar refractivity (Wildman–Crippen MR) is 93.9 cm³/mol. The van der Waals surface area contributed by atoms with Crippen LogP contribution < -0.4 is 10.4 Å². The fourth-order valence-corrected chi connectivity index (χ4v) is 4.03. The normalized spacial score (nSPS) is 32.8. The van der Waals surface area contributed by atoms with Crippen LogP contribution in [-0.2, 0) is 10.2 Å². The number of aryl methyl sites for hydroxylation is 1. The van der Waals surface area contributed by atoms with Crippen molar-refractivity contribution in [2.75, 3.05) is 0 Å². The average Bonchev–Trinajstić information content (AvgIpc) is 3.16. The smallest absolute Gasteiger partial charge is 0.344 e. The highest BCUT2D eigenvalue weighted by molar-refractivity contribution is 5.88. The molecule has 5 nitrogen and oxygen atoms in total. The molecule has 132 valence electrons. The Morgan fingerprint density at radius 3 is 2.60 bits per heavy atom. The number of ether oxygens (including phenoxy) is 2. The van der Waals surface area contributed by atoms with E-state index in [1.165, 1.54) is 0 Å². The molecule has 3 heterocycles. The summed E-state index contributed by atoms with van der Waals surface area (Å²) < 4.78 is 17.3. The SMILES string of the molecule is C=C[C@@]1(C)C[C@@](O)([C@H]2OC2(C)C)Oc2c1c(=O)oc1cccc(C)c21. The van der Waals surface area contributed by atoms with E-state index in [2.05, 4.69) is 6.58 Å². The lowest BCUT2D eigenvalue weighted by atomic mass is 9.73. The molecule has 3 atom stereocenters. The van der Waals surface area contributed by atoms with Crippen molar-refractivity contribution >= 4 is 11.0 Å². The Labute approximate surface area is 145 Å². The van der Waals surface area contributed by atoms with Crippen molar-refractivity contribution in [3.05, 3.63) is 52.4 Å². The third-order valence-electron chi connectivity index (χ3n) is 5.42. The van der Waals surface area contributed by atoms with Crippen LogP contribution in [0.3, 0.4) is 0 Å². The van der Waals surface area contributed by atoms with Crippen LogP contribution in [0.25, 0.3) is 11.0 Å². The van der Waals surface area contributed by atoms with E-state index in [-0.39, 0.29) is 6.42 Å². The number of fused-ring (bicyclic) bond motifs is 3. The van der Waals surface area contributed by atoms with E-state index in [1.54, 1.807) is 12.1 Å². The minimum Gasteiger partial charge on any atom is -0.458 e. The van der Waals surface area contributed by atoms with Gasteiger partial charge in [0, 0.05) is 11.8 Å².